The van der Waals surface area contributed by atoms with E-state index in [4.69, 9.17) is 4.42 Å². The lowest BCUT2D eigenvalue weighted by atomic mass is 10.1. The van der Waals surface area contributed by atoms with Gasteiger partial charge in [0.2, 0.25) is 5.89 Å². The first-order chi connectivity index (χ1) is 8.43. The third-order valence-electron chi connectivity index (χ3n) is 2.51. The number of benzene rings is 1. The van der Waals surface area contributed by atoms with Crippen molar-refractivity contribution in [2.24, 2.45) is 0 Å². The van der Waals surface area contributed by atoms with Crippen LogP contribution in [0.15, 0.2) is 65.5 Å². The maximum Gasteiger partial charge on any atom is 0.225 e. The number of oxazole rings is 1. The lowest BCUT2D eigenvalue weighted by Crippen LogP contribution is -1.84. The fourth-order valence-electron chi connectivity index (χ4n) is 1.70. The molecule has 3 rings (SSSR count). The van der Waals surface area contributed by atoms with Gasteiger partial charge in [0.1, 0.15) is 6.26 Å². The molecule has 3 heteroatoms. The van der Waals surface area contributed by atoms with Crippen molar-refractivity contribution in [2.75, 3.05) is 0 Å². The number of hydrogen-bond acceptors (Lipinski definition) is 3. The molecule has 0 radical (unpaired) electrons. The highest BCUT2D eigenvalue weighted by molar-refractivity contribution is 5.65. The Kier molecular flexibility index (Phi) is 2.43. The average Bonchev–Trinajstić information content (AvgIpc) is 2.94. The second-order valence-corrected chi connectivity index (χ2v) is 3.63. The van der Waals surface area contributed by atoms with Gasteiger partial charge < -0.3 is 4.42 Å². The van der Waals surface area contributed by atoms with Gasteiger partial charge in [-0.15, -0.1) is 0 Å². The zero-order chi connectivity index (χ0) is 11.5. The summed E-state index contributed by atoms with van der Waals surface area (Å²) in [6, 6.07) is 13.9. The Bertz CT molecular complexity index is 603. The van der Waals surface area contributed by atoms with Crippen LogP contribution in [0.1, 0.15) is 0 Å². The van der Waals surface area contributed by atoms with Gasteiger partial charge in [0.05, 0.1) is 11.9 Å². The molecular weight excluding hydrogens is 212 g/mol. The Morgan fingerprint density at radius 2 is 1.71 bits per heavy atom. The van der Waals surface area contributed by atoms with Crippen molar-refractivity contribution in [1.82, 2.24) is 9.97 Å². The molecule has 0 amide bonds. The van der Waals surface area contributed by atoms with Crippen LogP contribution in [0.3, 0.4) is 0 Å². The predicted molar refractivity (Wildman–Crippen MR) is 65.2 cm³/mol. The number of nitrogens with zero attached hydrogens (tertiary/aromatic N) is 2. The second kappa shape index (κ2) is 4.22. The van der Waals surface area contributed by atoms with Gasteiger partial charge in [0.25, 0.3) is 0 Å². The second-order valence-electron chi connectivity index (χ2n) is 3.63. The number of hydrogen-bond donors (Lipinski definition) is 0. The van der Waals surface area contributed by atoms with Crippen LogP contribution in [0.5, 0.6) is 0 Å². The summed E-state index contributed by atoms with van der Waals surface area (Å²) in [4.78, 5) is 8.48. The van der Waals surface area contributed by atoms with Gasteiger partial charge >= 0.3 is 0 Å². The van der Waals surface area contributed by atoms with Crippen molar-refractivity contribution in [3.8, 4) is 22.7 Å². The summed E-state index contributed by atoms with van der Waals surface area (Å²) in [5.41, 5.74) is 2.94. The molecule has 0 aliphatic carbocycles. The molecule has 3 nitrogen and oxygen atoms in total. The minimum absolute atomic E-state index is 0.615. The normalized spacial score (nSPS) is 10.4. The first kappa shape index (κ1) is 9.78. The lowest BCUT2D eigenvalue weighted by Gasteiger charge is -2.01. The van der Waals surface area contributed by atoms with Crippen LogP contribution in [-0.4, -0.2) is 9.97 Å². The Balaban J connectivity index is 2.06. The molecule has 0 saturated heterocycles. The molecule has 0 spiro atoms. The summed E-state index contributed by atoms with van der Waals surface area (Å²) in [7, 11) is 0. The van der Waals surface area contributed by atoms with E-state index in [9.17, 15) is 0 Å². The largest absolute Gasteiger partial charge is 0.445 e. The van der Waals surface area contributed by atoms with Crippen molar-refractivity contribution in [2.45, 2.75) is 0 Å². The maximum absolute atomic E-state index is 5.27. The molecule has 0 saturated carbocycles. The Hall–Kier alpha value is -2.42. The first-order valence-corrected chi connectivity index (χ1v) is 5.35. The summed E-state index contributed by atoms with van der Waals surface area (Å²) < 4.78 is 5.27. The summed E-state index contributed by atoms with van der Waals surface area (Å²) in [5, 5.41) is 0. The highest BCUT2D eigenvalue weighted by Crippen LogP contribution is 2.22. The van der Waals surface area contributed by atoms with E-state index in [2.05, 4.69) is 9.97 Å². The van der Waals surface area contributed by atoms with Crippen molar-refractivity contribution in [3.05, 3.63) is 61.1 Å². The lowest BCUT2D eigenvalue weighted by molar-refractivity contribution is 0.574. The predicted octanol–water partition coefficient (Wildman–Crippen LogP) is 3.40. The van der Waals surface area contributed by atoms with Crippen LogP contribution in [-0.2, 0) is 0 Å². The van der Waals surface area contributed by atoms with Gasteiger partial charge in [0.15, 0.2) is 0 Å². The topological polar surface area (TPSA) is 38.9 Å². The average molecular weight is 222 g/mol. The molecule has 0 aliphatic heterocycles. The van der Waals surface area contributed by atoms with Gasteiger partial charge in [-0.3, -0.25) is 4.98 Å². The van der Waals surface area contributed by atoms with Gasteiger partial charge in [0, 0.05) is 17.3 Å². The van der Waals surface area contributed by atoms with E-state index in [1.165, 1.54) is 0 Å². The molecule has 0 aliphatic rings. The highest BCUT2D eigenvalue weighted by atomic mass is 16.3. The monoisotopic (exact) mass is 222 g/mol. The molecule has 82 valence electrons. The van der Waals surface area contributed by atoms with E-state index >= 15 is 0 Å². The molecule has 0 atom stereocenters. The molecule has 2 aromatic heterocycles. The minimum atomic E-state index is 0.615. The SMILES string of the molecule is c1ccc(-c2cc(-c3ncco3)ccn2)cc1. The minimum Gasteiger partial charge on any atom is -0.445 e. The molecule has 0 N–H and O–H groups in total. The molecular formula is C14H10N2O. The van der Waals surface area contributed by atoms with Gasteiger partial charge in [-0.05, 0) is 12.1 Å². The summed E-state index contributed by atoms with van der Waals surface area (Å²) >= 11 is 0. The quantitative estimate of drug-likeness (QED) is 0.667. The van der Waals surface area contributed by atoms with Crippen LogP contribution in [0.2, 0.25) is 0 Å². The van der Waals surface area contributed by atoms with Gasteiger partial charge in [-0.2, -0.15) is 0 Å². The number of aromatic nitrogens is 2. The first-order valence-electron chi connectivity index (χ1n) is 5.35. The van der Waals surface area contributed by atoms with Crippen LogP contribution >= 0.6 is 0 Å². The number of pyridine rings is 1. The van der Waals surface area contributed by atoms with Crippen LogP contribution in [0.4, 0.5) is 0 Å². The summed E-state index contributed by atoms with van der Waals surface area (Å²) in [5.74, 6) is 0.615. The van der Waals surface area contributed by atoms with Gasteiger partial charge in [-0.1, -0.05) is 30.3 Å². The highest BCUT2D eigenvalue weighted by Gasteiger charge is 2.05. The van der Waals surface area contributed by atoms with Crippen LogP contribution in [0, 0.1) is 0 Å². The van der Waals surface area contributed by atoms with E-state index in [1.54, 1.807) is 18.7 Å². The molecule has 17 heavy (non-hydrogen) atoms. The van der Waals surface area contributed by atoms with Gasteiger partial charge in [-0.25, -0.2) is 4.98 Å². The van der Waals surface area contributed by atoms with E-state index in [0.717, 1.165) is 16.8 Å². The van der Waals surface area contributed by atoms with Crippen molar-refractivity contribution >= 4 is 0 Å². The van der Waals surface area contributed by atoms with E-state index in [-0.39, 0.29) is 0 Å². The Labute approximate surface area is 98.8 Å². The summed E-state index contributed by atoms with van der Waals surface area (Å²) in [6.07, 6.45) is 4.97. The third kappa shape index (κ3) is 1.95. The third-order valence-corrected chi connectivity index (χ3v) is 2.51. The fourth-order valence-corrected chi connectivity index (χ4v) is 1.70. The smallest absolute Gasteiger partial charge is 0.225 e. The summed E-state index contributed by atoms with van der Waals surface area (Å²) in [6.45, 7) is 0. The molecule has 0 bridgehead atoms. The molecule has 3 aromatic rings. The maximum atomic E-state index is 5.27. The van der Waals surface area contributed by atoms with E-state index in [1.807, 2.05) is 42.5 Å². The molecule has 0 unspecified atom stereocenters. The number of rotatable bonds is 2. The van der Waals surface area contributed by atoms with Crippen LogP contribution in [0.25, 0.3) is 22.7 Å². The molecule has 2 heterocycles. The van der Waals surface area contributed by atoms with E-state index < -0.39 is 0 Å². The zero-order valence-electron chi connectivity index (χ0n) is 9.08. The van der Waals surface area contributed by atoms with Crippen molar-refractivity contribution in [3.63, 3.8) is 0 Å². The molecule has 1 aromatic carbocycles. The van der Waals surface area contributed by atoms with Crippen LogP contribution < -0.4 is 0 Å². The zero-order valence-corrected chi connectivity index (χ0v) is 9.08. The standard InChI is InChI=1S/C14H10N2O/c1-2-4-11(5-3-1)13-10-12(6-7-15-13)14-16-8-9-17-14/h1-10H. The fraction of sp³-hybridized carbons (Fsp3) is 0. The Morgan fingerprint density at radius 1 is 0.824 bits per heavy atom. The Morgan fingerprint density at radius 3 is 2.47 bits per heavy atom. The van der Waals surface area contributed by atoms with Crippen molar-refractivity contribution < 1.29 is 4.42 Å². The molecule has 0 fully saturated rings. The van der Waals surface area contributed by atoms with Crippen molar-refractivity contribution in [1.29, 1.82) is 0 Å². The van der Waals surface area contributed by atoms with E-state index in [0.29, 0.717) is 5.89 Å².